The van der Waals surface area contributed by atoms with E-state index in [0.29, 0.717) is 5.25 Å². The highest BCUT2D eigenvalue weighted by Gasteiger charge is 2.00. The van der Waals surface area contributed by atoms with E-state index in [2.05, 4.69) is 28.5 Å². The fourth-order valence-electron chi connectivity index (χ4n) is 0.852. The second-order valence-corrected chi connectivity index (χ2v) is 4.22. The predicted octanol–water partition coefficient (Wildman–Crippen LogP) is 1.95. The SMILES string of the molecule is CSC(C)CNc1nccc(C)n1. The first kappa shape index (κ1) is 10.3. The third kappa shape index (κ3) is 3.63. The highest BCUT2D eigenvalue weighted by molar-refractivity contribution is 7.99. The molecular weight excluding hydrogens is 182 g/mol. The maximum absolute atomic E-state index is 4.25. The molecule has 1 atom stereocenters. The van der Waals surface area contributed by atoms with E-state index in [-0.39, 0.29) is 0 Å². The lowest BCUT2D eigenvalue weighted by atomic mass is 10.4. The summed E-state index contributed by atoms with van der Waals surface area (Å²) in [5.74, 6) is 0.723. The van der Waals surface area contributed by atoms with Gasteiger partial charge in [-0.25, -0.2) is 9.97 Å². The van der Waals surface area contributed by atoms with Crippen LogP contribution in [0, 0.1) is 6.92 Å². The van der Waals surface area contributed by atoms with E-state index in [0.717, 1.165) is 18.2 Å². The van der Waals surface area contributed by atoms with Crippen molar-refractivity contribution in [1.82, 2.24) is 9.97 Å². The van der Waals surface area contributed by atoms with Crippen LogP contribution in [0.3, 0.4) is 0 Å². The highest BCUT2D eigenvalue weighted by atomic mass is 32.2. The van der Waals surface area contributed by atoms with Crippen LogP contribution in [0.2, 0.25) is 0 Å². The van der Waals surface area contributed by atoms with E-state index < -0.39 is 0 Å². The second kappa shape index (κ2) is 5.07. The van der Waals surface area contributed by atoms with E-state index in [1.807, 2.05) is 24.8 Å². The van der Waals surface area contributed by atoms with Gasteiger partial charge in [0.15, 0.2) is 0 Å². The van der Waals surface area contributed by atoms with Crippen LogP contribution in [0.4, 0.5) is 5.95 Å². The Bertz CT molecular complexity index is 265. The predicted molar refractivity (Wildman–Crippen MR) is 58.2 cm³/mol. The molecule has 1 aromatic rings. The first-order valence-corrected chi connectivity index (χ1v) is 5.57. The number of thioether (sulfide) groups is 1. The zero-order chi connectivity index (χ0) is 9.68. The molecule has 0 aliphatic carbocycles. The molecule has 1 rings (SSSR count). The summed E-state index contributed by atoms with van der Waals surface area (Å²) in [7, 11) is 0. The van der Waals surface area contributed by atoms with Gasteiger partial charge in [0.1, 0.15) is 0 Å². The first-order chi connectivity index (χ1) is 6.22. The van der Waals surface area contributed by atoms with Gasteiger partial charge in [0.05, 0.1) is 0 Å². The Hall–Kier alpha value is -0.770. The maximum atomic E-state index is 4.25. The van der Waals surface area contributed by atoms with E-state index in [4.69, 9.17) is 0 Å². The van der Waals surface area contributed by atoms with Gasteiger partial charge in [-0.3, -0.25) is 0 Å². The molecule has 0 aliphatic heterocycles. The maximum Gasteiger partial charge on any atom is 0.222 e. The largest absolute Gasteiger partial charge is 0.353 e. The number of rotatable bonds is 4. The minimum atomic E-state index is 0.587. The molecule has 0 saturated carbocycles. The van der Waals surface area contributed by atoms with E-state index >= 15 is 0 Å². The fraction of sp³-hybridized carbons (Fsp3) is 0.556. The van der Waals surface area contributed by atoms with Crippen molar-refractivity contribution >= 4 is 17.7 Å². The molecule has 1 heterocycles. The lowest BCUT2D eigenvalue weighted by Crippen LogP contribution is -2.14. The van der Waals surface area contributed by atoms with Gasteiger partial charge in [0.25, 0.3) is 0 Å². The molecule has 72 valence electrons. The van der Waals surface area contributed by atoms with E-state index in [1.54, 1.807) is 6.20 Å². The normalized spacial score (nSPS) is 12.5. The molecular formula is C9H15N3S. The Morgan fingerprint density at radius 2 is 2.38 bits per heavy atom. The van der Waals surface area contributed by atoms with Crippen molar-refractivity contribution in [3.63, 3.8) is 0 Å². The van der Waals surface area contributed by atoms with Crippen molar-refractivity contribution in [2.45, 2.75) is 19.1 Å². The zero-order valence-corrected chi connectivity index (χ0v) is 9.06. The van der Waals surface area contributed by atoms with Gasteiger partial charge in [0, 0.05) is 23.7 Å². The average molecular weight is 197 g/mol. The number of nitrogens with zero attached hydrogens (tertiary/aromatic N) is 2. The molecule has 3 nitrogen and oxygen atoms in total. The molecule has 0 spiro atoms. The second-order valence-electron chi connectivity index (χ2n) is 2.95. The minimum absolute atomic E-state index is 0.587. The van der Waals surface area contributed by atoms with Crippen LogP contribution < -0.4 is 5.32 Å². The highest BCUT2D eigenvalue weighted by Crippen LogP contribution is 2.06. The third-order valence-electron chi connectivity index (χ3n) is 1.74. The summed E-state index contributed by atoms with van der Waals surface area (Å²) in [4.78, 5) is 8.36. The van der Waals surface area contributed by atoms with Crippen LogP contribution in [0.1, 0.15) is 12.6 Å². The molecule has 1 unspecified atom stereocenters. The quantitative estimate of drug-likeness (QED) is 0.800. The number of aromatic nitrogens is 2. The van der Waals surface area contributed by atoms with Crippen LogP contribution in [-0.2, 0) is 0 Å². The van der Waals surface area contributed by atoms with Gasteiger partial charge in [0.2, 0.25) is 5.95 Å². The Labute approximate surface area is 83.4 Å². The van der Waals surface area contributed by atoms with Crippen molar-refractivity contribution in [2.24, 2.45) is 0 Å². The molecule has 13 heavy (non-hydrogen) atoms. The van der Waals surface area contributed by atoms with Crippen molar-refractivity contribution < 1.29 is 0 Å². The van der Waals surface area contributed by atoms with E-state index in [1.165, 1.54) is 0 Å². The van der Waals surface area contributed by atoms with Crippen LogP contribution in [-0.4, -0.2) is 28.0 Å². The van der Waals surface area contributed by atoms with Gasteiger partial charge in [-0.15, -0.1) is 0 Å². The first-order valence-electron chi connectivity index (χ1n) is 4.28. The summed E-state index contributed by atoms with van der Waals surface area (Å²) < 4.78 is 0. The van der Waals surface area contributed by atoms with Gasteiger partial charge in [-0.1, -0.05) is 6.92 Å². The minimum Gasteiger partial charge on any atom is -0.353 e. The summed E-state index contributed by atoms with van der Waals surface area (Å²) in [6.07, 6.45) is 3.87. The topological polar surface area (TPSA) is 37.8 Å². The summed E-state index contributed by atoms with van der Waals surface area (Å²) in [6, 6.07) is 1.89. The standard InChI is InChI=1S/C9H15N3S/c1-7-4-5-10-9(12-7)11-6-8(2)13-3/h4-5,8H,6H2,1-3H3,(H,10,11,12). The van der Waals surface area contributed by atoms with Crippen molar-refractivity contribution in [1.29, 1.82) is 0 Å². The molecule has 0 saturated heterocycles. The van der Waals surface area contributed by atoms with Gasteiger partial charge < -0.3 is 5.32 Å². The number of nitrogens with one attached hydrogen (secondary N) is 1. The van der Waals surface area contributed by atoms with E-state index in [9.17, 15) is 0 Å². The van der Waals surface area contributed by atoms with Gasteiger partial charge in [-0.2, -0.15) is 11.8 Å². The molecule has 0 aromatic carbocycles. The Kier molecular flexibility index (Phi) is 4.02. The monoisotopic (exact) mass is 197 g/mol. The lowest BCUT2D eigenvalue weighted by Gasteiger charge is -2.09. The Morgan fingerprint density at radius 3 is 3.00 bits per heavy atom. The Morgan fingerprint density at radius 1 is 1.62 bits per heavy atom. The molecule has 0 aliphatic rings. The molecule has 0 fully saturated rings. The summed E-state index contributed by atoms with van der Waals surface area (Å²) in [5, 5.41) is 3.78. The molecule has 1 N–H and O–H groups in total. The van der Waals surface area contributed by atoms with Gasteiger partial charge in [-0.05, 0) is 19.2 Å². The van der Waals surface area contributed by atoms with Crippen LogP contribution in [0.15, 0.2) is 12.3 Å². The van der Waals surface area contributed by atoms with Crippen LogP contribution in [0.5, 0.6) is 0 Å². The zero-order valence-electron chi connectivity index (χ0n) is 8.24. The van der Waals surface area contributed by atoms with Crippen molar-refractivity contribution in [3.8, 4) is 0 Å². The van der Waals surface area contributed by atoms with Crippen LogP contribution >= 0.6 is 11.8 Å². The summed E-state index contributed by atoms with van der Waals surface area (Å²) >= 11 is 1.83. The molecule has 1 aromatic heterocycles. The van der Waals surface area contributed by atoms with Crippen molar-refractivity contribution in [3.05, 3.63) is 18.0 Å². The molecule has 0 radical (unpaired) electrons. The number of anilines is 1. The Balaban J connectivity index is 2.45. The molecule has 0 amide bonds. The lowest BCUT2D eigenvalue weighted by molar-refractivity contribution is 0.964. The average Bonchev–Trinajstić information content (AvgIpc) is 2.14. The molecule has 0 bridgehead atoms. The smallest absolute Gasteiger partial charge is 0.222 e. The van der Waals surface area contributed by atoms with Crippen LogP contribution in [0.25, 0.3) is 0 Å². The van der Waals surface area contributed by atoms with Gasteiger partial charge >= 0.3 is 0 Å². The summed E-state index contributed by atoms with van der Waals surface area (Å²) in [5.41, 5.74) is 0.995. The molecule has 4 heteroatoms. The third-order valence-corrected chi connectivity index (χ3v) is 2.72. The summed E-state index contributed by atoms with van der Waals surface area (Å²) in [6.45, 7) is 5.04. The number of aryl methyl sites for hydroxylation is 1. The number of hydrogen-bond donors (Lipinski definition) is 1. The fourth-order valence-corrected chi connectivity index (χ4v) is 1.10. The number of hydrogen-bond acceptors (Lipinski definition) is 4. The van der Waals surface area contributed by atoms with Crippen molar-refractivity contribution in [2.75, 3.05) is 18.1 Å².